The Morgan fingerprint density at radius 1 is 1.36 bits per heavy atom. The van der Waals surface area contributed by atoms with E-state index in [1.54, 1.807) is 13.3 Å². The molecule has 2 atom stereocenters. The third-order valence-corrected chi connectivity index (χ3v) is 4.50. The van der Waals surface area contributed by atoms with Crippen LogP contribution in [0.3, 0.4) is 0 Å². The summed E-state index contributed by atoms with van der Waals surface area (Å²) in [5.41, 5.74) is 1.67. The van der Waals surface area contributed by atoms with Gasteiger partial charge >= 0.3 is 0 Å². The third kappa shape index (κ3) is 3.06. The molecule has 1 aliphatic carbocycles. The molecule has 1 aromatic heterocycles. The Labute approximate surface area is 130 Å². The van der Waals surface area contributed by atoms with Crippen molar-refractivity contribution in [1.82, 2.24) is 4.98 Å². The molecule has 0 bridgehead atoms. The van der Waals surface area contributed by atoms with Gasteiger partial charge in [-0.2, -0.15) is 0 Å². The van der Waals surface area contributed by atoms with Crippen LogP contribution in [-0.2, 0) is 4.79 Å². The normalized spacial score (nSPS) is 21.5. The van der Waals surface area contributed by atoms with E-state index in [9.17, 15) is 4.79 Å². The zero-order valence-electron chi connectivity index (χ0n) is 13.1. The maximum Gasteiger partial charge on any atom is 0.227 e. The van der Waals surface area contributed by atoms with Crippen molar-refractivity contribution in [3.8, 4) is 5.75 Å². The Hall–Kier alpha value is -2.10. The zero-order valence-corrected chi connectivity index (χ0v) is 13.1. The lowest BCUT2D eigenvalue weighted by Crippen LogP contribution is -2.27. The molecule has 1 saturated carbocycles. The SMILES string of the molecule is COc1cnc2cccc(NC(=O)C3CCCC(C)C3)c2c1. The summed E-state index contributed by atoms with van der Waals surface area (Å²) in [4.78, 5) is 16.9. The molecular formula is C18H22N2O2. The molecule has 4 heteroatoms. The Morgan fingerprint density at radius 3 is 3.00 bits per heavy atom. The number of carbonyl (C=O) groups excluding carboxylic acids is 1. The summed E-state index contributed by atoms with van der Waals surface area (Å²) in [6.45, 7) is 2.23. The Kier molecular flexibility index (Phi) is 4.27. The second-order valence-corrected chi connectivity index (χ2v) is 6.21. The first-order valence-corrected chi connectivity index (χ1v) is 7.91. The second-order valence-electron chi connectivity index (χ2n) is 6.21. The summed E-state index contributed by atoms with van der Waals surface area (Å²) in [6, 6.07) is 7.70. The predicted octanol–water partition coefficient (Wildman–Crippen LogP) is 4.01. The minimum atomic E-state index is 0.123. The van der Waals surface area contributed by atoms with E-state index in [2.05, 4.69) is 17.2 Å². The number of nitrogens with zero attached hydrogens (tertiary/aromatic N) is 1. The van der Waals surface area contributed by atoms with Crippen molar-refractivity contribution < 1.29 is 9.53 Å². The van der Waals surface area contributed by atoms with Crippen molar-refractivity contribution in [3.63, 3.8) is 0 Å². The van der Waals surface area contributed by atoms with Crippen LogP contribution in [0, 0.1) is 11.8 Å². The van der Waals surface area contributed by atoms with Crippen LogP contribution in [0.4, 0.5) is 5.69 Å². The highest BCUT2D eigenvalue weighted by Crippen LogP contribution is 2.31. The third-order valence-electron chi connectivity index (χ3n) is 4.50. The Balaban J connectivity index is 1.85. The molecule has 4 nitrogen and oxygen atoms in total. The van der Waals surface area contributed by atoms with E-state index in [4.69, 9.17) is 4.74 Å². The van der Waals surface area contributed by atoms with Gasteiger partial charge in [-0.1, -0.05) is 25.8 Å². The van der Waals surface area contributed by atoms with E-state index in [0.717, 1.165) is 35.9 Å². The number of ether oxygens (including phenoxy) is 1. The average molecular weight is 298 g/mol. The minimum absolute atomic E-state index is 0.123. The molecule has 1 aromatic carbocycles. The van der Waals surface area contributed by atoms with Crippen LogP contribution < -0.4 is 10.1 Å². The molecule has 0 spiro atoms. The van der Waals surface area contributed by atoms with Crippen LogP contribution in [-0.4, -0.2) is 18.0 Å². The van der Waals surface area contributed by atoms with Gasteiger partial charge in [-0.05, 0) is 37.0 Å². The number of nitrogens with one attached hydrogen (secondary N) is 1. The molecule has 2 unspecified atom stereocenters. The zero-order chi connectivity index (χ0) is 15.5. The monoisotopic (exact) mass is 298 g/mol. The van der Waals surface area contributed by atoms with Gasteiger partial charge in [0, 0.05) is 11.3 Å². The maximum atomic E-state index is 12.5. The first-order valence-electron chi connectivity index (χ1n) is 7.91. The standard InChI is InChI=1S/C18H22N2O2/c1-12-5-3-6-13(9-12)18(21)20-17-8-4-7-16-15(17)10-14(22-2)11-19-16/h4,7-8,10-13H,3,5-6,9H2,1-2H3,(H,20,21). The fourth-order valence-corrected chi connectivity index (χ4v) is 3.26. The highest BCUT2D eigenvalue weighted by molar-refractivity contribution is 6.02. The first-order chi connectivity index (χ1) is 10.7. The predicted molar refractivity (Wildman–Crippen MR) is 88.0 cm³/mol. The summed E-state index contributed by atoms with van der Waals surface area (Å²) in [5.74, 6) is 1.58. The number of carbonyl (C=O) groups is 1. The van der Waals surface area contributed by atoms with Gasteiger partial charge < -0.3 is 10.1 Å². The average Bonchev–Trinajstić information content (AvgIpc) is 2.54. The quantitative estimate of drug-likeness (QED) is 0.931. The number of fused-ring (bicyclic) bond motifs is 1. The van der Waals surface area contributed by atoms with Crippen LogP contribution in [0.2, 0.25) is 0 Å². The fraction of sp³-hybridized carbons (Fsp3) is 0.444. The van der Waals surface area contributed by atoms with Gasteiger partial charge in [0.1, 0.15) is 5.75 Å². The molecule has 116 valence electrons. The van der Waals surface area contributed by atoms with Crippen LogP contribution in [0.5, 0.6) is 5.75 Å². The van der Waals surface area contributed by atoms with E-state index in [1.807, 2.05) is 24.3 Å². The van der Waals surface area contributed by atoms with E-state index in [-0.39, 0.29) is 11.8 Å². The molecule has 1 fully saturated rings. The highest BCUT2D eigenvalue weighted by atomic mass is 16.5. The summed E-state index contributed by atoms with van der Waals surface area (Å²) >= 11 is 0. The largest absolute Gasteiger partial charge is 0.495 e. The van der Waals surface area contributed by atoms with Crippen molar-refractivity contribution in [2.75, 3.05) is 12.4 Å². The lowest BCUT2D eigenvalue weighted by atomic mass is 9.82. The maximum absolute atomic E-state index is 12.5. The van der Waals surface area contributed by atoms with E-state index in [0.29, 0.717) is 11.7 Å². The van der Waals surface area contributed by atoms with Gasteiger partial charge in [-0.15, -0.1) is 0 Å². The van der Waals surface area contributed by atoms with Crippen LogP contribution >= 0.6 is 0 Å². The van der Waals surface area contributed by atoms with E-state index < -0.39 is 0 Å². The summed E-state index contributed by atoms with van der Waals surface area (Å²) in [6.07, 6.45) is 6.04. The number of rotatable bonds is 3. The molecule has 1 aliphatic rings. The van der Waals surface area contributed by atoms with Gasteiger partial charge in [0.15, 0.2) is 0 Å². The van der Waals surface area contributed by atoms with E-state index in [1.165, 1.54) is 6.42 Å². The number of amides is 1. The number of anilines is 1. The molecule has 0 aliphatic heterocycles. The lowest BCUT2D eigenvalue weighted by molar-refractivity contribution is -0.121. The number of benzene rings is 1. The highest BCUT2D eigenvalue weighted by Gasteiger charge is 2.25. The molecule has 1 amide bonds. The lowest BCUT2D eigenvalue weighted by Gasteiger charge is -2.26. The van der Waals surface area contributed by atoms with Crippen molar-refractivity contribution in [2.45, 2.75) is 32.6 Å². The molecule has 1 heterocycles. The molecule has 0 saturated heterocycles. The van der Waals surface area contributed by atoms with Crippen molar-refractivity contribution in [2.24, 2.45) is 11.8 Å². The van der Waals surface area contributed by atoms with Gasteiger partial charge in [0.05, 0.1) is 24.5 Å². The smallest absolute Gasteiger partial charge is 0.227 e. The molecular weight excluding hydrogens is 276 g/mol. The summed E-state index contributed by atoms with van der Waals surface area (Å²) < 4.78 is 5.24. The summed E-state index contributed by atoms with van der Waals surface area (Å²) in [7, 11) is 1.62. The number of pyridine rings is 1. The van der Waals surface area contributed by atoms with Gasteiger partial charge in [-0.3, -0.25) is 9.78 Å². The van der Waals surface area contributed by atoms with Crippen molar-refractivity contribution >= 4 is 22.5 Å². The van der Waals surface area contributed by atoms with Crippen molar-refractivity contribution in [3.05, 3.63) is 30.5 Å². The Morgan fingerprint density at radius 2 is 2.23 bits per heavy atom. The topological polar surface area (TPSA) is 51.2 Å². The first kappa shape index (κ1) is 14.8. The Bertz CT molecular complexity index is 684. The van der Waals surface area contributed by atoms with E-state index >= 15 is 0 Å². The molecule has 0 radical (unpaired) electrons. The van der Waals surface area contributed by atoms with Gasteiger partial charge in [0.2, 0.25) is 5.91 Å². The molecule has 22 heavy (non-hydrogen) atoms. The van der Waals surface area contributed by atoms with Crippen LogP contribution in [0.1, 0.15) is 32.6 Å². The molecule has 1 N–H and O–H groups in total. The van der Waals surface area contributed by atoms with Crippen LogP contribution in [0.25, 0.3) is 10.9 Å². The summed E-state index contributed by atoms with van der Waals surface area (Å²) in [5, 5.41) is 4.01. The second kappa shape index (κ2) is 6.34. The van der Waals surface area contributed by atoms with Crippen LogP contribution in [0.15, 0.2) is 30.5 Å². The number of hydrogen-bond acceptors (Lipinski definition) is 3. The number of methoxy groups -OCH3 is 1. The molecule has 2 aromatic rings. The van der Waals surface area contributed by atoms with Gasteiger partial charge in [0.25, 0.3) is 0 Å². The number of hydrogen-bond donors (Lipinski definition) is 1. The fourth-order valence-electron chi connectivity index (χ4n) is 3.26. The number of aromatic nitrogens is 1. The minimum Gasteiger partial charge on any atom is -0.495 e. The molecule has 3 rings (SSSR count). The van der Waals surface area contributed by atoms with Gasteiger partial charge in [-0.25, -0.2) is 0 Å². The van der Waals surface area contributed by atoms with Crippen molar-refractivity contribution in [1.29, 1.82) is 0 Å².